The van der Waals surface area contributed by atoms with E-state index in [1.54, 1.807) is 31.5 Å². The Hall–Kier alpha value is -3.81. The Morgan fingerprint density at radius 1 is 1.06 bits per heavy atom. The van der Waals surface area contributed by atoms with E-state index >= 15 is 0 Å². The topological polar surface area (TPSA) is 124 Å². The summed E-state index contributed by atoms with van der Waals surface area (Å²) in [6.45, 7) is 5.09. The molecule has 0 saturated carbocycles. The number of carbonyl (C=O) groups excluding carboxylic acids is 2. The van der Waals surface area contributed by atoms with Crippen LogP contribution in [0.5, 0.6) is 0 Å². The smallest absolute Gasteiger partial charge is 0.408 e. The molecule has 0 aliphatic carbocycles. The van der Waals surface area contributed by atoms with E-state index in [4.69, 9.17) is 10.5 Å². The zero-order valence-electron chi connectivity index (χ0n) is 18.2. The molecule has 0 fully saturated rings. The normalized spacial score (nSPS) is 13.3. The number of amides is 2. The summed E-state index contributed by atoms with van der Waals surface area (Å²) < 4.78 is 6.94. The fourth-order valence-corrected chi connectivity index (χ4v) is 3.62. The van der Waals surface area contributed by atoms with Crippen LogP contribution in [0.15, 0.2) is 60.8 Å². The molecule has 3 rings (SSSR count). The zero-order chi connectivity index (χ0) is 23.5. The third kappa shape index (κ3) is 5.26. The van der Waals surface area contributed by atoms with Crippen LogP contribution in [0.25, 0.3) is 10.9 Å². The van der Waals surface area contributed by atoms with Crippen LogP contribution in [0, 0.1) is 0 Å². The summed E-state index contributed by atoms with van der Waals surface area (Å²) in [6.07, 6.45) is 0.912. The average Bonchev–Trinajstić information content (AvgIpc) is 3.05. The number of carbonyl (C=O) groups is 3. The van der Waals surface area contributed by atoms with Crippen molar-refractivity contribution in [1.82, 2.24) is 9.88 Å². The Kier molecular flexibility index (Phi) is 6.53. The number of carboxylic acids is 1. The highest BCUT2D eigenvalue weighted by molar-refractivity contribution is 5.90. The van der Waals surface area contributed by atoms with E-state index in [0.717, 1.165) is 10.9 Å². The van der Waals surface area contributed by atoms with Crippen molar-refractivity contribution in [2.75, 3.05) is 0 Å². The highest BCUT2D eigenvalue weighted by Gasteiger charge is 2.27. The molecule has 1 aromatic heterocycles. The maximum Gasteiger partial charge on any atom is 0.408 e. The van der Waals surface area contributed by atoms with E-state index in [1.165, 1.54) is 0 Å². The molecular weight excluding hydrogens is 410 g/mol. The molecular formula is C24H27N3O5. The molecule has 2 atom stereocenters. The van der Waals surface area contributed by atoms with Crippen LogP contribution in [-0.2, 0) is 20.7 Å². The molecule has 8 nitrogen and oxygen atoms in total. The first kappa shape index (κ1) is 22.9. The first-order chi connectivity index (χ1) is 15.1. The Balaban J connectivity index is 2.00. The van der Waals surface area contributed by atoms with Crippen molar-refractivity contribution in [2.45, 2.75) is 44.9 Å². The van der Waals surface area contributed by atoms with Crippen LogP contribution in [0.2, 0.25) is 0 Å². The van der Waals surface area contributed by atoms with Crippen molar-refractivity contribution in [3.8, 4) is 0 Å². The Morgan fingerprint density at radius 2 is 1.69 bits per heavy atom. The summed E-state index contributed by atoms with van der Waals surface area (Å²) in [4.78, 5) is 36.4. The first-order valence-electron chi connectivity index (χ1n) is 10.2. The summed E-state index contributed by atoms with van der Waals surface area (Å²) in [5, 5.41) is 12.9. The Labute approximate surface area is 186 Å². The molecule has 0 bridgehead atoms. The summed E-state index contributed by atoms with van der Waals surface area (Å²) in [6, 6.07) is 14.5. The monoisotopic (exact) mass is 437 g/mol. The second-order valence-corrected chi connectivity index (χ2v) is 8.54. The molecule has 0 spiro atoms. The Morgan fingerprint density at radius 3 is 2.28 bits per heavy atom. The van der Waals surface area contributed by atoms with Gasteiger partial charge in [-0.1, -0.05) is 48.5 Å². The molecule has 32 heavy (non-hydrogen) atoms. The second kappa shape index (κ2) is 9.13. The molecule has 3 aromatic rings. The van der Waals surface area contributed by atoms with Crippen molar-refractivity contribution in [3.05, 3.63) is 71.9 Å². The lowest BCUT2D eigenvalue weighted by atomic mass is 10.1. The number of carboxylic acid groups (broad SMARTS) is 1. The number of nitrogens with one attached hydrogen (secondary N) is 1. The molecule has 1 heterocycles. The maximum atomic E-state index is 12.4. The molecule has 0 aliphatic rings. The van der Waals surface area contributed by atoms with E-state index in [2.05, 4.69) is 5.32 Å². The first-order valence-corrected chi connectivity index (χ1v) is 10.2. The highest BCUT2D eigenvalue weighted by atomic mass is 16.6. The maximum absolute atomic E-state index is 12.4. The predicted molar refractivity (Wildman–Crippen MR) is 120 cm³/mol. The van der Waals surface area contributed by atoms with Gasteiger partial charge in [0.1, 0.15) is 17.7 Å². The van der Waals surface area contributed by atoms with Gasteiger partial charge in [-0.25, -0.2) is 9.59 Å². The van der Waals surface area contributed by atoms with Crippen LogP contribution >= 0.6 is 0 Å². The largest absolute Gasteiger partial charge is 0.480 e. The van der Waals surface area contributed by atoms with Crippen molar-refractivity contribution >= 4 is 28.9 Å². The van der Waals surface area contributed by atoms with Gasteiger partial charge in [0.05, 0.1) is 0 Å². The Bertz CT molecular complexity index is 1130. The molecule has 4 N–H and O–H groups in total. The molecule has 1 unspecified atom stereocenters. The fraction of sp³-hybridized carbons (Fsp3) is 0.292. The van der Waals surface area contributed by atoms with Gasteiger partial charge in [-0.15, -0.1) is 0 Å². The van der Waals surface area contributed by atoms with Gasteiger partial charge in [0.15, 0.2) is 0 Å². The van der Waals surface area contributed by atoms with Crippen molar-refractivity contribution in [3.63, 3.8) is 0 Å². The number of aliphatic carboxylic acids is 1. The van der Waals surface area contributed by atoms with E-state index < -0.39 is 35.7 Å². The van der Waals surface area contributed by atoms with Crippen LogP contribution in [0.1, 0.15) is 37.9 Å². The van der Waals surface area contributed by atoms with E-state index in [0.29, 0.717) is 11.1 Å². The van der Waals surface area contributed by atoms with Gasteiger partial charge in [0.25, 0.3) is 0 Å². The minimum absolute atomic E-state index is 0.00234. The minimum Gasteiger partial charge on any atom is -0.480 e. The number of fused-ring (bicyclic) bond motifs is 1. The van der Waals surface area contributed by atoms with Crippen LogP contribution < -0.4 is 11.1 Å². The molecule has 2 aromatic carbocycles. The van der Waals surface area contributed by atoms with Gasteiger partial charge < -0.3 is 25.5 Å². The highest BCUT2D eigenvalue weighted by Crippen LogP contribution is 2.29. The van der Waals surface area contributed by atoms with Crippen LogP contribution in [0.4, 0.5) is 4.79 Å². The van der Waals surface area contributed by atoms with E-state index in [1.807, 2.05) is 54.6 Å². The lowest BCUT2D eigenvalue weighted by Gasteiger charge is -2.22. The number of alkyl carbamates (subject to hydrolysis) is 1. The number of aromatic nitrogens is 1. The number of hydrogen-bond donors (Lipinski definition) is 3. The van der Waals surface area contributed by atoms with Gasteiger partial charge in [0.2, 0.25) is 5.91 Å². The third-order valence-electron chi connectivity index (χ3n) is 4.90. The summed E-state index contributed by atoms with van der Waals surface area (Å²) in [5.41, 5.74) is 7.10. The van der Waals surface area contributed by atoms with E-state index in [9.17, 15) is 19.5 Å². The van der Waals surface area contributed by atoms with Gasteiger partial charge in [-0.2, -0.15) is 0 Å². The zero-order valence-corrected chi connectivity index (χ0v) is 18.2. The van der Waals surface area contributed by atoms with E-state index in [-0.39, 0.29) is 6.42 Å². The summed E-state index contributed by atoms with van der Waals surface area (Å²) in [7, 11) is 0. The molecule has 0 radical (unpaired) electrons. The number of benzene rings is 2. The average molecular weight is 437 g/mol. The lowest BCUT2D eigenvalue weighted by molar-refractivity contribution is -0.139. The van der Waals surface area contributed by atoms with Gasteiger partial charge in [-0.05, 0) is 38.0 Å². The summed E-state index contributed by atoms with van der Waals surface area (Å²) in [5.74, 6) is -1.73. The third-order valence-corrected chi connectivity index (χ3v) is 4.90. The quantitative estimate of drug-likeness (QED) is 0.524. The fourth-order valence-electron chi connectivity index (χ4n) is 3.62. The standard InChI is InChI=1S/C24H27N3O5/c1-24(2,3)32-23(31)26-18(22(29)30)13-16-14-27(19-12-8-7-11-17(16)19)20(21(25)28)15-9-5-4-6-10-15/h4-12,14,18,20H,13H2,1-3H3,(H2,25,28)(H,26,31)(H,29,30)/t18-,20?/m0/s1. The molecule has 8 heteroatoms. The SMILES string of the molecule is CC(C)(C)OC(=O)N[C@@H](Cc1cn(C(C(N)=O)c2ccccc2)c2ccccc12)C(=O)O. The molecule has 0 saturated heterocycles. The van der Waals surface area contributed by atoms with Crippen molar-refractivity contribution < 1.29 is 24.2 Å². The van der Waals surface area contributed by atoms with Crippen LogP contribution in [-0.4, -0.2) is 39.3 Å². The number of para-hydroxylation sites is 1. The predicted octanol–water partition coefficient (Wildman–Crippen LogP) is 3.24. The van der Waals surface area contributed by atoms with Gasteiger partial charge in [0, 0.05) is 23.5 Å². The number of hydrogen-bond acceptors (Lipinski definition) is 4. The van der Waals surface area contributed by atoms with Crippen LogP contribution in [0.3, 0.4) is 0 Å². The van der Waals surface area contributed by atoms with Gasteiger partial charge in [-0.3, -0.25) is 4.79 Å². The minimum atomic E-state index is -1.21. The summed E-state index contributed by atoms with van der Waals surface area (Å²) >= 11 is 0. The number of rotatable bonds is 7. The molecule has 0 aliphatic heterocycles. The second-order valence-electron chi connectivity index (χ2n) is 8.54. The van der Waals surface area contributed by atoms with Crippen molar-refractivity contribution in [2.24, 2.45) is 5.73 Å². The molecule has 2 amide bonds. The van der Waals surface area contributed by atoms with Gasteiger partial charge >= 0.3 is 12.1 Å². The lowest BCUT2D eigenvalue weighted by Crippen LogP contribution is -2.44. The van der Waals surface area contributed by atoms with Crippen molar-refractivity contribution in [1.29, 1.82) is 0 Å². The number of primary amides is 1. The number of nitrogens with two attached hydrogens (primary N) is 1. The number of nitrogens with zero attached hydrogens (tertiary/aromatic N) is 1. The number of ether oxygens (including phenoxy) is 1. The molecule has 168 valence electrons.